The van der Waals surface area contributed by atoms with Crippen LogP contribution < -0.4 is 10.6 Å². The van der Waals surface area contributed by atoms with Gasteiger partial charge in [0.1, 0.15) is 0 Å². The van der Waals surface area contributed by atoms with Crippen molar-refractivity contribution in [3.63, 3.8) is 0 Å². The Hall–Kier alpha value is -1.17. The van der Waals surface area contributed by atoms with Gasteiger partial charge in [-0.25, -0.2) is 0 Å². The smallest absolute Gasteiger partial charge is 0.0947 e. The van der Waals surface area contributed by atoms with Crippen LogP contribution in [0, 0.1) is 0 Å². The first-order valence-corrected chi connectivity index (χ1v) is 6.18. The fourth-order valence-electron chi connectivity index (χ4n) is 1.72. The number of methoxy groups -OCH3 is 1. The average molecular weight is 253 g/mol. The number of rotatable bonds is 7. The number of nitrogens with zero attached hydrogens (tertiary/aromatic N) is 2. The predicted octanol–water partition coefficient (Wildman–Crippen LogP) is 0.935. The number of aromatic nitrogens is 1. The Balaban J connectivity index is 2.61. The van der Waals surface area contributed by atoms with Crippen molar-refractivity contribution in [1.29, 1.82) is 0 Å². The zero-order valence-electron chi connectivity index (χ0n) is 11.3. The van der Waals surface area contributed by atoms with E-state index in [4.69, 9.17) is 10.5 Å². The second-order valence-electron chi connectivity index (χ2n) is 4.45. The van der Waals surface area contributed by atoms with Crippen molar-refractivity contribution in [3.05, 3.63) is 24.0 Å². The van der Waals surface area contributed by atoms with E-state index in [1.807, 2.05) is 31.0 Å². The molecule has 102 valence electrons. The first-order chi connectivity index (χ1) is 8.58. The molecule has 0 aliphatic heterocycles. The van der Waals surface area contributed by atoms with Crippen LogP contribution in [-0.2, 0) is 4.74 Å². The van der Waals surface area contributed by atoms with Crippen LogP contribution in [-0.4, -0.2) is 43.5 Å². The van der Waals surface area contributed by atoms with Crippen molar-refractivity contribution in [1.82, 2.24) is 4.98 Å². The zero-order chi connectivity index (χ0) is 13.5. The van der Waals surface area contributed by atoms with Crippen LogP contribution in [0.15, 0.2) is 18.3 Å². The normalized spacial score (nSPS) is 14.3. The molecule has 0 saturated carbocycles. The summed E-state index contributed by atoms with van der Waals surface area (Å²) in [5.74, 6) is 0. The third kappa shape index (κ3) is 4.25. The van der Waals surface area contributed by atoms with Gasteiger partial charge < -0.3 is 20.5 Å². The molecule has 2 atom stereocenters. The van der Waals surface area contributed by atoms with Gasteiger partial charge in [-0.15, -0.1) is 0 Å². The molecule has 5 nitrogen and oxygen atoms in total. The van der Waals surface area contributed by atoms with Crippen LogP contribution in [0.2, 0.25) is 0 Å². The van der Waals surface area contributed by atoms with E-state index in [2.05, 4.69) is 4.98 Å². The molecule has 0 saturated heterocycles. The minimum absolute atomic E-state index is 0.0107. The minimum Gasteiger partial charge on any atom is -0.389 e. The summed E-state index contributed by atoms with van der Waals surface area (Å²) in [7, 11) is 3.49. The van der Waals surface area contributed by atoms with Crippen LogP contribution in [0.1, 0.15) is 25.1 Å². The fourth-order valence-corrected chi connectivity index (χ4v) is 1.72. The highest BCUT2D eigenvalue weighted by molar-refractivity contribution is 5.44. The summed E-state index contributed by atoms with van der Waals surface area (Å²) < 4.78 is 4.90. The molecule has 0 aromatic carbocycles. The summed E-state index contributed by atoms with van der Waals surface area (Å²) in [5.41, 5.74) is 7.76. The molecule has 0 aliphatic rings. The van der Waals surface area contributed by atoms with Gasteiger partial charge in [-0.05, 0) is 18.6 Å². The lowest BCUT2D eigenvalue weighted by Gasteiger charge is -2.22. The zero-order valence-corrected chi connectivity index (χ0v) is 11.3. The molecule has 1 heterocycles. The lowest BCUT2D eigenvalue weighted by molar-refractivity contribution is 0.0695. The molecule has 18 heavy (non-hydrogen) atoms. The molecule has 1 aromatic rings. The largest absolute Gasteiger partial charge is 0.389 e. The highest BCUT2D eigenvalue weighted by Gasteiger charge is 2.10. The summed E-state index contributed by atoms with van der Waals surface area (Å²) in [5, 5.41) is 9.65. The number of hydrogen-bond donors (Lipinski definition) is 2. The molecular formula is C13H23N3O2. The van der Waals surface area contributed by atoms with Gasteiger partial charge in [0.25, 0.3) is 0 Å². The Morgan fingerprint density at radius 1 is 1.50 bits per heavy atom. The molecule has 1 unspecified atom stereocenters. The van der Waals surface area contributed by atoms with Gasteiger partial charge in [-0.2, -0.15) is 0 Å². The number of pyridine rings is 1. The molecule has 1 rings (SSSR count). The van der Waals surface area contributed by atoms with Crippen molar-refractivity contribution in [2.45, 2.75) is 25.5 Å². The summed E-state index contributed by atoms with van der Waals surface area (Å²) in [6, 6.07) is 3.89. The lowest BCUT2D eigenvalue weighted by atomic mass is 10.1. The van der Waals surface area contributed by atoms with E-state index in [0.717, 1.165) is 17.8 Å². The standard InChI is InChI=1S/C13H23N3O2/c1-4-12(14)13-6-5-10(7-15-13)16(2)8-11(17)9-18-3/h5-7,11-12,17H,4,8-9,14H2,1-3H3/t11?,12-/m1/s1. The SMILES string of the molecule is CC[C@@H](N)c1ccc(N(C)CC(O)COC)cn1. The van der Waals surface area contributed by atoms with Gasteiger partial charge in [0.2, 0.25) is 0 Å². The molecule has 5 heteroatoms. The van der Waals surface area contributed by atoms with Gasteiger partial charge in [-0.3, -0.25) is 4.98 Å². The molecule has 0 bridgehead atoms. The third-order valence-electron chi connectivity index (χ3n) is 2.87. The predicted molar refractivity (Wildman–Crippen MR) is 72.6 cm³/mol. The van der Waals surface area contributed by atoms with Crippen LogP contribution in [0.5, 0.6) is 0 Å². The van der Waals surface area contributed by atoms with Crippen LogP contribution >= 0.6 is 0 Å². The van der Waals surface area contributed by atoms with Crippen molar-refractivity contribution >= 4 is 5.69 Å². The molecule has 0 spiro atoms. The molecule has 0 amide bonds. The van der Waals surface area contributed by atoms with E-state index in [9.17, 15) is 5.11 Å². The molecular weight excluding hydrogens is 230 g/mol. The van der Waals surface area contributed by atoms with Crippen LogP contribution in [0.25, 0.3) is 0 Å². The van der Waals surface area contributed by atoms with Crippen molar-refractivity contribution in [2.24, 2.45) is 5.73 Å². The van der Waals surface area contributed by atoms with Crippen molar-refractivity contribution in [3.8, 4) is 0 Å². The number of likely N-dealkylation sites (N-methyl/N-ethyl adjacent to an activating group) is 1. The highest BCUT2D eigenvalue weighted by atomic mass is 16.5. The number of anilines is 1. The van der Waals surface area contributed by atoms with E-state index < -0.39 is 6.10 Å². The Kier molecular flexibility index (Phi) is 6.04. The van der Waals surface area contributed by atoms with E-state index in [1.165, 1.54) is 0 Å². The molecule has 3 N–H and O–H groups in total. The van der Waals surface area contributed by atoms with Gasteiger partial charge in [0.15, 0.2) is 0 Å². The second kappa shape index (κ2) is 7.31. The third-order valence-corrected chi connectivity index (χ3v) is 2.87. The Morgan fingerprint density at radius 2 is 2.22 bits per heavy atom. The van der Waals surface area contributed by atoms with Gasteiger partial charge >= 0.3 is 0 Å². The molecule has 0 fully saturated rings. The fraction of sp³-hybridized carbons (Fsp3) is 0.615. The van der Waals surface area contributed by atoms with E-state index in [1.54, 1.807) is 13.3 Å². The van der Waals surface area contributed by atoms with Crippen molar-refractivity contribution < 1.29 is 9.84 Å². The maximum atomic E-state index is 9.65. The molecule has 1 aromatic heterocycles. The van der Waals surface area contributed by atoms with Crippen LogP contribution in [0.3, 0.4) is 0 Å². The second-order valence-corrected chi connectivity index (χ2v) is 4.45. The van der Waals surface area contributed by atoms with E-state index >= 15 is 0 Å². The minimum atomic E-state index is -0.502. The highest BCUT2D eigenvalue weighted by Crippen LogP contribution is 2.16. The average Bonchev–Trinajstić information content (AvgIpc) is 2.38. The number of aliphatic hydroxyl groups is 1. The maximum absolute atomic E-state index is 9.65. The molecule has 0 radical (unpaired) electrons. The van der Waals surface area contributed by atoms with E-state index in [-0.39, 0.29) is 6.04 Å². The van der Waals surface area contributed by atoms with Crippen molar-refractivity contribution in [2.75, 3.05) is 32.2 Å². The first-order valence-electron chi connectivity index (χ1n) is 6.18. The number of ether oxygens (including phenoxy) is 1. The topological polar surface area (TPSA) is 71.6 Å². The Labute approximate surface area is 109 Å². The quantitative estimate of drug-likeness (QED) is 0.756. The monoisotopic (exact) mass is 253 g/mol. The Morgan fingerprint density at radius 3 is 2.72 bits per heavy atom. The van der Waals surface area contributed by atoms with Gasteiger partial charge in [0.05, 0.1) is 30.3 Å². The van der Waals surface area contributed by atoms with Crippen LogP contribution in [0.4, 0.5) is 5.69 Å². The first kappa shape index (κ1) is 14.9. The summed E-state index contributed by atoms with van der Waals surface area (Å²) in [4.78, 5) is 6.29. The lowest BCUT2D eigenvalue weighted by Crippen LogP contribution is -2.31. The summed E-state index contributed by atoms with van der Waals surface area (Å²) >= 11 is 0. The van der Waals surface area contributed by atoms with Gasteiger partial charge in [-0.1, -0.05) is 6.92 Å². The molecule has 0 aliphatic carbocycles. The number of nitrogens with two attached hydrogens (primary N) is 1. The maximum Gasteiger partial charge on any atom is 0.0947 e. The number of hydrogen-bond acceptors (Lipinski definition) is 5. The van der Waals surface area contributed by atoms with Gasteiger partial charge in [0, 0.05) is 26.7 Å². The van der Waals surface area contributed by atoms with E-state index in [0.29, 0.717) is 13.2 Å². The summed E-state index contributed by atoms with van der Waals surface area (Å²) in [6.07, 6.45) is 2.15. The summed E-state index contributed by atoms with van der Waals surface area (Å²) in [6.45, 7) is 2.87. The Bertz CT molecular complexity index is 343. The number of aliphatic hydroxyl groups excluding tert-OH is 1.